The van der Waals surface area contributed by atoms with Gasteiger partial charge in [-0.2, -0.15) is 8.78 Å². The quantitative estimate of drug-likeness (QED) is 0.876. The number of anilines is 1. The van der Waals surface area contributed by atoms with Crippen LogP contribution in [-0.4, -0.2) is 38.4 Å². The first-order valence-corrected chi connectivity index (χ1v) is 7.86. The van der Waals surface area contributed by atoms with Gasteiger partial charge in [-0.25, -0.2) is 9.97 Å². The van der Waals surface area contributed by atoms with Crippen molar-refractivity contribution in [3.63, 3.8) is 0 Å². The minimum absolute atomic E-state index is 0.141. The van der Waals surface area contributed by atoms with Crippen molar-refractivity contribution in [2.24, 2.45) is 0 Å². The van der Waals surface area contributed by atoms with E-state index >= 15 is 0 Å². The smallest absolute Gasteiger partial charge is 0.301 e. The Kier molecular flexibility index (Phi) is 5.42. The molecule has 23 heavy (non-hydrogen) atoms. The van der Waals surface area contributed by atoms with Crippen LogP contribution in [0.25, 0.3) is 0 Å². The molecule has 0 aliphatic rings. The Labute approximate surface area is 137 Å². The maximum absolute atomic E-state index is 12.8. The normalized spacial score (nSPS) is 12.9. The Bertz CT molecular complexity index is 665. The molecule has 126 valence electrons. The fourth-order valence-corrected chi connectivity index (χ4v) is 2.76. The molecule has 0 bridgehead atoms. The lowest BCUT2D eigenvalue weighted by molar-refractivity contribution is -0.120. The second-order valence-corrected chi connectivity index (χ2v) is 6.47. The number of halogens is 2. The third kappa shape index (κ3) is 4.11. The number of aromatic nitrogens is 3. The molecule has 0 aromatic carbocycles. The van der Waals surface area contributed by atoms with Crippen LogP contribution in [0.3, 0.4) is 0 Å². The molecule has 0 saturated heterocycles. The van der Waals surface area contributed by atoms with Crippen molar-refractivity contribution >= 4 is 22.4 Å². The second-order valence-electron chi connectivity index (χ2n) is 5.27. The van der Waals surface area contributed by atoms with Gasteiger partial charge in [-0.1, -0.05) is 0 Å². The number of nitrogens with zero attached hydrogens (tertiary/aromatic N) is 4. The number of likely N-dealkylation sites (N-methyl/N-ethyl adjacent to an activating group) is 1. The van der Waals surface area contributed by atoms with Crippen molar-refractivity contribution in [1.29, 1.82) is 0 Å². The fraction of sp³-hybridized carbons (Fsp3) is 0.500. The van der Waals surface area contributed by atoms with Crippen LogP contribution in [0.5, 0.6) is 0 Å². The monoisotopic (exact) mass is 343 g/mol. The minimum atomic E-state index is -2.65. The summed E-state index contributed by atoms with van der Waals surface area (Å²) >= 11 is 1.41. The van der Waals surface area contributed by atoms with Gasteiger partial charge in [-0.3, -0.25) is 14.3 Å². The van der Waals surface area contributed by atoms with E-state index in [1.165, 1.54) is 23.7 Å². The molecule has 2 aromatic rings. The zero-order valence-electron chi connectivity index (χ0n) is 13.4. The number of hydrogen-bond acceptors (Lipinski definition) is 5. The van der Waals surface area contributed by atoms with E-state index in [-0.39, 0.29) is 18.3 Å². The summed E-state index contributed by atoms with van der Waals surface area (Å²) in [6.45, 7) is 3.01. The van der Waals surface area contributed by atoms with Gasteiger partial charge in [0.15, 0.2) is 5.13 Å². The molecule has 1 atom stereocenters. The van der Waals surface area contributed by atoms with Gasteiger partial charge in [0.25, 0.3) is 0 Å². The summed E-state index contributed by atoms with van der Waals surface area (Å²) < 4.78 is 26.4. The predicted molar refractivity (Wildman–Crippen MR) is 84.6 cm³/mol. The second kappa shape index (κ2) is 7.14. The number of rotatable bonds is 6. The van der Waals surface area contributed by atoms with E-state index in [1.54, 1.807) is 18.9 Å². The van der Waals surface area contributed by atoms with Gasteiger partial charge in [0, 0.05) is 17.3 Å². The van der Waals surface area contributed by atoms with Crippen molar-refractivity contribution in [2.75, 3.05) is 12.4 Å². The number of carbonyl (C=O) groups is 1. The molecule has 2 rings (SSSR count). The van der Waals surface area contributed by atoms with Crippen LogP contribution in [0.4, 0.5) is 13.9 Å². The number of imidazole rings is 1. The number of alkyl halides is 2. The Balaban J connectivity index is 1.99. The molecule has 1 amide bonds. The van der Waals surface area contributed by atoms with Crippen LogP contribution >= 0.6 is 11.3 Å². The average Bonchev–Trinajstić information content (AvgIpc) is 3.05. The maximum atomic E-state index is 12.8. The SMILES string of the molecule is Cc1nc(NC(=O)C(C)N(C)Cc2nccn2C(F)F)sc1C. The number of nitrogens with one attached hydrogen (secondary N) is 1. The van der Waals surface area contributed by atoms with Gasteiger partial charge >= 0.3 is 6.55 Å². The third-order valence-electron chi connectivity index (χ3n) is 3.65. The average molecular weight is 343 g/mol. The standard InChI is InChI=1S/C14H19F2N5OS/c1-8-10(3)23-14(18-8)19-12(22)9(2)20(4)7-11-17-5-6-21(11)13(15)16/h5-6,9,13H,7H2,1-4H3,(H,18,19,22). The predicted octanol–water partition coefficient (Wildman–Crippen LogP) is 2.81. The molecule has 1 N–H and O–H groups in total. The van der Waals surface area contributed by atoms with Crippen molar-refractivity contribution in [1.82, 2.24) is 19.4 Å². The molecule has 0 aliphatic heterocycles. The zero-order valence-corrected chi connectivity index (χ0v) is 14.2. The lowest BCUT2D eigenvalue weighted by Gasteiger charge is -2.23. The third-order valence-corrected chi connectivity index (χ3v) is 4.64. The topological polar surface area (TPSA) is 63.1 Å². The number of aryl methyl sites for hydroxylation is 2. The van der Waals surface area contributed by atoms with Crippen molar-refractivity contribution in [3.8, 4) is 0 Å². The van der Waals surface area contributed by atoms with Gasteiger partial charge in [-0.15, -0.1) is 11.3 Å². The highest BCUT2D eigenvalue weighted by atomic mass is 32.1. The van der Waals surface area contributed by atoms with Crippen molar-refractivity contribution < 1.29 is 13.6 Å². The van der Waals surface area contributed by atoms with Crippen LogP contribution < -0.4 is 5.32 Å². The lowest BCUT2D eigenvalue weighted by Crippen LogP contribution is -2.39. The summed E-state index contributed by atoms with van der Waals surface area (Å²) in [5, 5.41) is 3.29. The van der Waals surface area contributed by atoms with E-state index in [4.69, 9.17) is 0 Å². The highest BCUT2D eigenvalue weighted by Gasteiger charge is 2.22. The van der Waals surface area contributed by atoms with Gasteiger partial charge in [0.2, 0.25) is 5.91 Å². The van der Waals surface area contributed by atoms with E-state index in [0.29, 0.717) is 5.13 Å². The van der Waals surface area contributed by atoms with Gasteiger partial charge in [0.05, 0.1) is 18.3 Å². The van der Waals surface area contributed by atoms with Crippen LogP contribution in [0.15, 0.2) is 12.4 Å². The largest absolute Gasteiger partial charge is 0.319 e. The Hall–Kier alpha value is -1.87. The molecule has 2 heterocycles. The molecular weight excluding hydrogens is 324 g/mol. The van der Waals surface area contributed by atoms with Crippen molar-refractivity contribution in [3.05, 3.63) is 28.8 Å². The molecular formula is C14H19F2N5OS. The number of carbonyl (C=O) groups excluding carboxylic acids is 1. The van der Waals surface area contributed by atoms with Gasteiger partial charge < -0.3 is 5.32 Å². The Morgan fingerprint density at radius 3 is 2.74 bits per heavy atom. The highest BCUT2D eigenvalue weighted by Crippen LogP contribution is 2.21. The molecule has 9 heteroatoms. The summed E-state index contributed by atoms with van der Waals surface area (Å²) in [7, 11) is 1.69. The molecule has 1 unspecified atom stereocenters. The molecule has 6 nitrogen and oxygen atoms in total. The first-order chi connectivity index (χ1) is 10.8. The van der Waals surface area contributed by atoms with Gasteiger partial charge in [0.1, 0.15) is 5.82 Å². The van der Waals surface area contributed by atoms with Crippen LogP contribution in [0.1, 0.15) is 29.9 Å². The summed E-state index contributed by atoms with van der Waals surface area (Å²) in [5.74, 6) is -0.0282. The van der Waals surface area contributed by atoms with Gasteiger partial charge in [-0.05, 0) is 27.8 Å². The Morgan fingerprint density at radius 1 is 1.48 bits per heavy atom. The van der Waals surface area contributed by atoms with E-state index in [2.05, 4.69) is 15.3 Å². The molecule has 0 fully saturated rings. The zero-order chi connectivity index (χ0) is 17.1. The van der Waals surface area contributed by atoms with E-state index in [1.807, 2.05) is 13.8 Å². The van der Waals surface area contributed by atoms with E-state index < -0.39 is 12.6 Å². The summed E-state index contributed by atoms with van der Waals surface area (Å²) in [6, 6.07) is -0.512. The summed E-state index contributed by atoms with van der Waals surface area (Å²) in [5.41, 5.74) is 0.880. The number of amides is 1. The minimum Gasteiger partial charge on any atom is -0.301 e. The molecule has 0 spiro atoms. The summed E-state index contributed by atoms with van der Waals surface area (Å²) in [6.07, 6.45) is 2.54. The van der Waals surface area contributed by atoms with E-state index in [0.717, 1.165) is 15.1 Å². The molecule has 2 aromatic heterocycles. The first-order valence-electron chi connectivity index (χ1n) is 7.04. The molecule has 0 saturated carbocycles. The highest BCUT2D eigenvalue weighted by molar-refractivity contribution is 7.15. The lowest BCUT2D eigenvalue weighted by atomic mass is 10.3. The molecule has 0 aliphatic carbocycles. The Morgan fingerprint density at radius 2 is 2.17 bits per heavy atom. The molecule has 0 radical (unpaired) electrons. The van der Waals surface area contributed by atoms with E-state index in [9.17, 15) is 13.6 Å². The maximum Gasteiger partial charge on any atom is 0.319 e. The van der Waals surface area contributed by atoms with Crippen LogP contribution in [0.2, 0.25) is 0 Å². The van der Waals surface area contributed by atoms with Crippen LogP contribution in [0, 0.1) is 13.8 Å². The first kappa shape index (κ1) is 17.5. The van der Waals surface area contributed by atoms with Crippen LogP contribution in [-0.2, 0) is 11.3 Å². The number of thiazole rings is 1. The summed E-state index contributed by atoms with van der Waals surface area (Å²) in [4.78, 5) is 23.1. The fourth-order valence-electron chi connectivity index (χ4n) is 1.94. The number of hydrogen-bond donors (Lipinski definition) is 1. The van der Waals surface area contributed by atoms with Crippen molar-refractivity contribution in [2.45, 2.75) is 39.9 Å².